The first-order chi connectivity index (χ1) is 9.56. The predicted molar refractivity (Wildman–Crippen MR) is 92.9 cm³/mol. The van der Waals surface area contributed by atoms with E-state index in [0.717, 1.165) is 5.92 Å². The van der Waals surface area contributed by atoms with Crippen LogP contribution in [0.2, 0.25) is 18.1 Å². The van der Waals surface area contributed by atoms with Crippen LogP contribution in [0.1, 0.15) is 66.7 Å². The summed E-state index contributed by atoms with van der Waals surface area (Å²) in [6.07, 6.45) is 7.28. The molecule has 3 rings (SSSR count). The van der Waals surface area contributed by atoms with Gasteiger partial charge in [0.05, 0.1) is 6.10 Å². The second-order valence-electron chi connectivity index (χ2n) is 9.75. The van der Waals surface area contributed by atoms with Gasteiger partial charge in [-0.2, -0.15) is 0 Å². The second-order valence-corrected chi connectivity index (χ2v) is 14.5. The summed E-state index contributed by atoms with van der Waals surface area (Å²) in [4.78, 5) is 0. The summed E-state index contributed by atoms with van der Waals surface area (Å²) in [6.45, 7) is 17.0. The molecule has 1 saturated carbocycles. The lowest BCUT2D eigenvalue weighted by Crippen LogP contribution is -2.50. The first-order valence-corrected chi connectivity index (χ1v) is 11.9. The molecule has 21 heavy (non-hydrogen) atoms. The maximum absolute atomic E-state index is 6.92. The van der Waals surface area contributed by atoms with Gasteiger partial charge in [0.2, 0.25) is 0 Å². The van der Waals surface area contributed by atoms with E-state index in [1.54, 1.807) is 0 Å². The Balaban J connectivity index is 1.88. The van der Waals surface area contributed by atoms with Gasteiger partial charge < -0.3 is 4.43 Å². The lowest BCUT2D eigenvalue weighted by molar-refractivity contribution is 0.00493. The minimum Gasteiger partial charge on any atom is -0.413 e. The molecule has 0 aromatic rings. The van der Waals surface area contributed by atoms with Crippen molar-refractivity contribution in [2.75, 3.05) is 0 Å². The van der Waals surface area contributed by atoms with E-state index in [1.807, 2.05) is 11.1 Å². The third kappa shape index (κ3) is 2.28. The number of fused-ring (bicyclic) bond motifs is 4. The normalized spacial score (nSPS) is 35.3. The smallest absolute Gasteiger partial charge is 0.192 e. The summed E-state index contributed by atoms with van der Waals surface area (Å²) in [5.41, 5.74) is 4.12. The molecule has 0 amide bonds. The van der Waals surface area contributed by atoms with Gasteiger partial charge in [-0.3, -0.25) is 0 Å². The zero-order valence-corrected chi connectivity index (χ0v) is 16.2. The Bertz CT molecular complexity index is 466. The van der Waals surface area contributed by atoms with Crippen LogP contribution < -0.4 is 0 Å². The molecule has 0 aliphatic heterocycles. The molecule has 0 saturated heterocycles. The van der Waals surface area contributed by atoms with Crippen molar-refractivity contribution >= 4 is 8.32 Å². The van der Waals surface area contributed by atoms with Crippen LogP contribution in [0.4, 0.5) is 0 Å². The first-order valence-electron chi connectivity index (χ1n) is 8.95. The molecule has 3 aliphatic rings. The van der Waals surface area contributed by atoms with Crippen molar-refractivity contribution in [3.8, 4) is 0 Å². The maximum Gasteiger partial charge on any atom is 0.192 e. The van der Waals surface area contributed by atoms with Gasteiger partial charge in [-0.05, 0) is 61.6 Å². The minimum absolute atomic E-state index is 0.319. The average Bonchev–Trinajstić information content (AvgIpc) is 2.77. The van der Waals surface area contributed by atoms with Crippen LogP contribution in [0.3, 0.4) is 0 Å². The molecule has 0 spiro atoms. The van der Waals surface area contributed by atoms with E-state index in [-0.39, 0.29) is 0 Å². The zero-order valence-electron chi connectivity index (χ0n) is 15.2. The Hall–Kier alpha value is -0.0831. The Kier molecular flexibility index (Phi) is 3.54. The van der Waals surface area contributed by atoms with Crippen LogP contribution >= 0.6 is 0 Å². The maximum atomic E-state index is 6.92. The predicted octanol–water partition coefficient (Wildman–Crippen LogP) is 5.92. The topological polar surface area (TPSA) is 9.23 Å². The average molecular weight is 307 g/mol. The summed E-state index contributed by atoms with van der Waals surface area (Å²) in [7, 11) is -1.66. The van der Waals surface area contributed by atoms with Gasteiger partial charge in [0.15, 0.2) is 8.32 Å². The molecule has 3 atom stereocenters. The largest absolute Gasteiger partial charge is 0.413 e. The van der Waals surface area contributed by atoms with Crippen molar-refractivity contribution in [2.45, 2.75) is 91.0 Å². The fraction of sp³-hybridized carbons (Fsp3) is 0.895. The molecule has 2 bridgehead atoms. The van der Waals surface area contributed by atoms with Crippen LogP contribution in [-0.2, 0) is 4.43 Å². The van der Waals surface area contributed by atoms with E-state index in [2.05, 4.69) is 47.7 Å². The quantitative estimate of drug-likeness (QED) is 0.454. The van der Waals surface area contributed by atoms with Gasteiger partial charge in [-0.25, -0.2) is 0 Å². The van der Waals surface area contributed by atoms with Gasteiger partial charge in [-0.15, -0.1) is 0 Å². The molecule has 0 radical (unpaired) electrons. The Labute approximate surface area is 132 Å². The van der Waals surface area contributed by atoms with Crippen LogP contribution in [0.5, 0.6) is 0 Å². The molecule has 0 N–H and O–H groups in total. The number of allylic oxidation sites excluding steroid dienone is 1. The van der Waals surface area contributed by atoms with Crippen molar-refractivity contribution in [3.63, 3.8) is 0 Å². The summed E-state index contributed by atoms with van der Waals surface area (Å²) in [5, 5.41) is 0.319. The summed E-state index contributed by atoms with van der Waals surface area (Å²) >= 11 is 0. The van der Waals surface area contributed by atoms with E-state index in [4.69, 9.17) is 4.43 Å². The second kappa shape index (κ2) is 4.71. The molecular weight excluding hydrogens is 272 g/mol. The van der Waals surface area contributed by atoms with Gasteiger partial charge in [0.1, 0.15) is 0 Å². The number of hydrogen-bond acceptors (Lipinski definition) is 1. The van der Waals surface area contributed by atoms with Crippen LogP contribution in [0, 0.1) is 17.3 Å². The molecule has 120 valence electrons. The van der Waals surface area contributed by atoms with E-state index in [0.29, 0.717) is 22.5 Å². The molecule has 0 aromatic heterocycles. The fourth-order valence-electron chi connectivity index (χ4n) is 5.09. The van der Waals surface area contributed by atoms with Gasteiger partial charge in [0.25, 0.3) is 0 Å². The third-order valence-corrected chi connectivity index (χ3v) is 11.7. The van der Waals surface area contributed by atoms with Gasteiger partial charge >= 0.3 is 0 Å². The third-order valence-electron chi connectivity index (χ3n) is 7.16. The lowest BCUT2D eigenvalue weighted by Gasteiger charge is -2.49. The SMILES string of the molecule is CC1(C)C2CC[C@@H](O[Si](C)(C)C(C)(C)C)C1C1=C2CCC1. The fourth-order valence-corrected chi connectivity index (χ4v) is 6.45. The number of rotatable bonds is 2. The molecule has 1 fully saturated rings. The van der Waals surface area contributed by atoms with E-state index in [1.165, 1.54) is 32.1 Å². The van der Waals surface area contributed by atoms with Crippen molar-refractivity contribution in [3.05, 3.63) is 11.1 Å². The van der Waals surface area contributed by atoms with E-state index in [9.17, 15) is 0 Å². The molecule has 0 aromatic carbocycles. The Morgan fingerprint density at radius 3 is 2.29 bits per heavy atom. The van der Waals surface area contributed by atoms with E-state index < -0.39 is 8.32 Å². The molecule has 2 unspecified atom stereocenters. The standard InChI is InChI=1S/C19H34OSi/c1-18(2,3)21(6,7)20-16-12-11-15-13-9-8-10-14(13)17(16)19(15,4)5/h15-17H,8-12H2,1-7H3/t15?,16-,17?/m1/s1. The van der Waals surface area contributed by atoms with Crippen LogP contribution in [-0.4, -0.2) is 14.4 Å². The van der Waals surface area contributed by atoms with E-state index >= 15 is 0 Å². The Morgan fingerprint density at radius 2 is 1.67 bits per heavy atom. The number of hydrogen-bond donors (Lipinski definition) is 0. The molecule has 3 aliphatic carbocycles. The highest BCUT2D eigenvalue weighted by molar-refractivity contribution is 6.74. The van der Waals surface area contributed by atoms with Gasteiger partial charge in [-0.1, -0.05) is 45.8 Å². The van der Waals surface area contributed by atoms with Crippen molar-refractivity contribution in [2.24, 2.45) is 17.3 Å². The van der Waals surface area contributed by atoms with Crippen LogP contribution in [0.25, 0.3) is 0 Å². The van der Waals surface area contributed by atoms with Crippen LogP contribution in [0.15, 0.2) is 11.1 Å². The molecular formula is C19H34OSi. The summed E-state index contributed by atoms with van der Waals surface area (Å²) in [6, 6.07) is 0. The molecule has 1 nitrogen and oxygen atoms in total. The monoisotopic (exact) mass is 306 g/mol. The van der Waals surface area contributed by atoms with Crippen molar-refractivity contribution in [1.82, 2.24) is 0 Å². The zero-order chi connectivity index (χ0) is 15.6. The first kappa shape index (κ1) is 15.8. The highest BCUT2D eigenvalue weighted by Crippen LogP contribution is 2.63. The van der Waals surface area contributed by atoms with Crippen molar-refractivity contribution in [1.29, 1.82) is 0 Å². The molecule has 2 heteroatoms. The van der Waals surface area contributed by atoms with Gasteiger partial charge in [0, 0.05) is 5.92 Å². The summed E-state index contributed by atoms with van der Waals surface area (Å²) < 4.78 is 6.92. The summed E-state index contributed by atoms with van der Waals surface area (Å²) in [5.74, 6) is 1.57. The van der Waals surface area contributed by atoms with Crippen molar-refractivity contribution < 1.29 is 4.43 Å². The Morgan fingerprint density at radius 1 is 1.05 bits per heavy atom. The minimum atomic E-state index is -1.66. The lowest BCUT2D eigenvalue weighted by atomic mass is 9.63. The highest BCUT2D eigenvalue weighted by atomic mass is 28.4. The molecule has 0 heterocycles. The highest BCUT2D eigenvalue weighted by Gasteiger charge is 2.56.